The Morgan fingerprint density at radius 2 is 1.90 bits per heavy atom. The van der Waals surface area contributed by atoms with E-state index in [2.05, 4.69) is 10.6 Å². The number of hydrogen-bond donors (Lipinski definition) is 0. The fourth-order valence-corrected chi connectivity index (χ4v) is 3.93. The molecule has 4 nitrogen and oxygen atoms in total. The lowest BCUT2D eigenvalue weighted by Crippen LogP contribution is -2.58. The van der Waals surface area contributed by atoms with Crippen LogP contribution in [0.4, 0.5) is 4.79 Å². The van der Waals surface area contributed by atoms with Crippen molar-refractivity contribution in [2.75, 3.05) is 32.4 Å². The number of amides is 1. The minimum absolute atomic E-state index is 0.172. The third-order valence-electron chi connectivity index (χ3n) is 4.57. The lowest BCUT2D eigenvalue weighted by Gasteiger charge is -2.52. The first kappa shape index (κ1) is 14.7. The molecule has 2 fully saturated rings. The van der Waals surface area contributed by atoms with Gasteiger partial charge in [0, 0.05) is 31.6 Å². The van der Waals surface area contributed by atoms with E-state index in [1.54, 1.807) is 0 Å². The Labute approximate surface area is 130 Å². The predicted molar refractivity (Wildman–Crippen MR) is 85.0 cm³/mol. The topological polar surface area (TPSA) is 32.8 Å². The molecule has 1 aromatic rings. The number of benzene rings is 1. The molecule has 0 saturated carbocycles. The van der Waals surface area contributed by atoms with Gasteiger partial charge in [-0.25, -0.2) is 9.10 Å². The Morgan fingerprint density at radius 1 is 1.24 bits per heavy atom. The highest BCUT2D eigenvalue weighted by atomic mass is 32.2. The van der Waals surface area contributed by atoms with Gasteiger partial charge in [-0.2, -0.15) is 0 Å². The number of carbonyl (C=O) groups excluding carboxylic acids is 1. The highest BCUT2D eigenvalue weighted by Crippen LogP contribution is 2.42. The average Bonchev–Trinajstić information content (AvgIpc) is 2.51. The lowest BCUT2D eigenvalue weighted by molar-refractivity contribution is 0.00302. The van der Waals surface area contributed by atoms with Crippen LogP contribution in [-0.4, -0.2) is 47.7 Å². The lowest BCUT2D eigenvalue weighted by atomic mass is 9.73. The van der Waals surface area contributed by atoms with E-state index in [0.29, 0.717) is 12.0 Å². The van der Waals surface area contributed by atoms with Crippen LogP contribution in [0, 0.1) is 5.41 Å². The molecule has 0 unspecified atom stereocenters. The fourth-order valence-electron chi connectivity index (χ4n) is 3.12. The van der Waals surface area contributed by atoms with Crippen LogP contribution in [-0.2, 0) is 11.3 Å². The number of ether oxygens (including phenoxy) is 1. The molecule has 2 aliphatic heterocycles. The number of piperidine rings is 1. The smallest absolute Gasteiger partial charge is 0.410 e. The third kappa shape index (κ3) is 3.35. The van der Waals surface area contributed by atoms with Gasteiger partial charge in [-0.05, 0) is 24.7 Å². The molecule has 2 saturated heterocycles. The molecule has 21 heavy (non-hydrogen) atoms. The molecule has 0 aliphatic carbocycles. The minimum Gasteiger partial charge on any atom is -0.445 e. The summed E-state index contributed by atoms with van der Waals surface area (Å²) < 4.78 is 7.79. The summed E-state index contributed by atoms with van der Waals surface area (Å²) in [7, 11) is 0. The molecule has 0 bridgehead atoms. The Kier molecular flexibility index (Phi) is 4.40. The monoisotopic (exact) mass is 306 g/mol. The van der Waals surface area contributed by atoms with Crippen LogP contribution in [0.25, 0.3) is 0 Å². The molecular formula is C16H22N2O2S. The number of hydrogen-bond acceptors (Lipinski definition) is 4. The SMILES string of the molecule is CSN1CC2(CCN(C(=O)OCc3ccccc3)CC2)C1. The standard InChI is InChI=1S/C16H22N2O2S/c1-21-18-12-16(13-18)7-9-17(10-8-16)15(19)20-11-14-5-3-2-4-6-14/h2-6H,7-13H2,1H3. The second-order valence-corrected chi connectivity index (χ2v) is 6.89. The first-order valence-corrected chi connectivity index (χ1v) is 8.64. The Morgan fingerprint density at radius 3 is 2.52 bits per heavy atom. The molecule has 0 radical (unpaired) electrons. The largest absolute Gasteiger partial charge is 0.445 e. The summed E-state index contributed by atoms with van der Waals surface area (Å²) in [5.41, 5.74) is 1.49. The van der Waals surface area contributed by atoms with Gasteiger partial charge in [0.15, 0.2) is 0 Å². The van der Waals surface area contributed by atoms with Gasteiger partial charge in [0.25, 0.3) is 0 Å². The fraction of sp³-hybridized carbons (Fsp3) is 0.562. The number of nitrogens with zero attached hydrogens (tertiary/aromatic N) is 2. The molecule has 2 heterocycles. The summed E-state index contributed by atoms with van der Waals surface area (Å²) in [6.45, 7) is 4.36. The number of likely N-dealkylation sites (tertiary alicyclic amines) is 1. The van der Waals surface area contributed by atoms with Crippen molar-refractivity contribution in [3.8, 4) is 0 Å². The predicted octanol–water partition coefficient (Wildman–Crippen LogP) is 3.00. The van der Waals surface area contributed by atoms with Crippen molar-refractivity contribution in [3.05, 3.63) is 35.9 Å². The van der Waals surface area contributed by atoms with Gasteiger partial charge in [0.1, 0.15) is 6.61 Å². The van der Waals surface area contributed by atoms with Crippen molar-refractivity contribution in [3.63, 3.8) is 0 Å². The quantitative estimate of drug-likeness (QED) is 0.804. The third-order valence-corrected chi connectivity index (χ3v) is 5.34. The van der Waals surface area contributed by atoms with Crippen LogP contribution in [0.1, 0.15) is 18.4 Å². The van der Waals surface area contributed by atoms with E-state index in [4.69, 9.17) is 4.74 Å². The maximum atomic E-state index is 12.1. The van der Waals surface area contributed by atoms with Crippen LogP contribution < -0.4 is 0 Å². The molecule has 0 aromatic heterocycles. The zero-order chi connectivity index (χ0) is 14.7. The second-order valence-electron chi connectivity index (χ2n) is 6.01. The van der Waals surface area contributed by atoms with Gasteiger partial charge in [0.2, 0.25) is 0 Å². The molecule has 1 amide bonds. The highest BCUT2D eigenvalue weighted by Gasteiger charge is 2.45. The van der Waals surface area contributed by atoms with Crippen LogP contribution in [0.15, 0.2) is 30.3 Å². The zero-order valence-corrected chi connectivity index (χ0v) is 13.3. The summed E-state index contributed by atoms with van der Waals surface area (Å²) in [5, 5.41) is 0. The Balaban J connectivity index is 1.43. The molecular weight excluding hydrogens is 284 g/mol. The molecule has 0 atom stereocenters. The molecule has 1 spiro atoms. The summed E-state index contributed by atoms with van der Waals surface area (Å²) in [6.07, 6.45) is 4.16. The van der Waals surface area contributed by atoms with Crippen molar-refractivity contribution in [1.29, 1.82) is 0 Å². The van der Waals surface area contributed by atoms with Crippen molar-refractivity contribution in [1.82, 2.24) is 9.21 Å². The number of carbonyl (C=O) groups is 1. The van der Waals surface area contributed by atoms with E-state index in [1.807, 2.05) is 47.2 Å². The van der Waals surface area contributed by atoms with E-state index < -0.39 is 0 Å². The first-order valence-electron chi connectivity index (χ1n) is 7.45. The highest BCUT2D eigenvalue weighted by molar-refractivity contribution is 7.96. The van der Waals surface area contributed by atoms with Crippen LogP contribution in [0.2, 0.25) is 0 Å². The van der Waals surface area contributed by atoms with Crippen molar-refractivity contribution in [2.24, 2.45) is 5.41 Å². The van der Waals surface area contributed by atoms with Crippen molar-refractivity contribution >= 4 is 18.0 Å². The van der Waals surface area contributed by atoms with Crippen molar-refractivity contribution in [2.45, 2.75) is 19.4 Å². The maximum Gasteiger partial charge on any atom is 0.410 e. The Bertz CT molecular complexity index is 478. The molecule has 114 valence electrons. The van der Waals surface area contributed by atoms with Crippen LogP contribution in [0.3, 0.4) is 0 Å². The number of rotatable bonds is 3. The summed E-state index contributed by atoms with van der Waals surface area (Å²) in [6, 6.07) is 9.84. The van der Waals surface area contributed by atoms with E-state index in [9.17, 15) is 4.79 Å². The van der Waals surface area contributed by atoms with E-state index in [1.165, 1.54) is 13.1 Å². The van der Waals surface area contributed by atoms with E-state index >= 15 is 0 Å². The average molecular weight is 306 g/mol. The van der Waals surface area contributed by atoms with Crippen molar-refractivity contribution < 1.29 is 9.53 Å². The van der Waals surface area contributed by atoms with Crippen LogP contribution >= 0.6 is 11.9 Å². The summed E-state index contributed by atoms with van der Waals surface area (Å²) in [4.78, 5) is 14.0. The minimum atomic E-state index is -0.172. The van der Waals surface area contributed by atoms with E-state index in [0.717, 1.165) is 31.5 Å². The molecule has 3 rings (SSSR count). The molecule has 5 heteroatoms. The summed E-state index contributed by atoms with van der Waals surface area (Å²) in [5.74, 6) is 0. The van der Waals surface area contributed by atoms with Crippen LogP contribution in [0.5, 0.6) is 0 Å². The maximum absolute atomic E-state index is 12.1. The van der Waals surface area contributed by atoms with E-state index in [-0.39, 0.29) is 6.09 Å². The zero-order valence-electron chi connectivity index (χ0n) is 12.5. The first-order chi connectivity index (χ1) is 10.2. The van der Waals surface area contributed by atoms with Gasteiger partial charge in [-0.1, -0.05) is 42.3 Å². The second kappa shape index (κ2) is 6.28. The van der Waals surface area contributed by atoms with Gasteiger partial charge < -0.3 is 9.64 Å². The molecule has 0 N–H and O–H groups in total. The van der Waals surface area contributed by atoms with Gasteiger partial charge in [-0.15, -0.1) is 0 Å². The molecule has 1 aromatic carbocycles. The molecule has 2 aliphatic rings. The summed E-state index contributed by atoms with van der Waals surface area (Å²) >= 11 is 1.82. The van der Waals surface area contributed by atoms with Gasteiger partial charge in [-0.3, -0.25) is 0 Å². The van der Waals surface area contributed by atoms with Gasteiger partial charge in [0.05, 0.1) is 0 Å². The Hall–Kier alpha value is -1.20. The van der Waals surface area contributed by atoms with Gasteiger partial charge >= 0.3 is 6.09 Å². The normalized spacial score (nSPS) is 21.1.